The first-order valence-electron chi connectivity index (χ1n) is 7.35. The number of rotatable bonds is 5. The molecule has 128 valence electrons. The molecule has 0 radical (unpaired) electrons. The minimum Gasteiger partial charge on any atom is -0.496 e. The highest BCUT2D eigenvalue weighted by molar-refractivity contribution is 14.1. The van der Waals surface area contributed by atoms with Crippen molar-refractivity contribution in [2.75, 3.05) is 7.11 Å². The summed E-state index contributed by atoms with van der Waals surface area (Å²) in [5.41, 5.74) is 1.80. The van der Waals surface area contributed by atoms with E-state index >= 15 is 0 Å². The number of ether oxygens (including phenoxy) is 2. The molecule has 0 aromatic heterocycles. The van der Waals surface area contributed by atoms with E-state index in [0.717, 1.165) is 26.2 Å². The van der Waals surface area contributed by atoms with E-state index in [-0.39, 0.29) is 5.91 Å². The monoisotopic (exact) mass is 483 g/mol. The van der Waals surface area contributed by atoms with E-state index in [1.807, 2.05) is 48.5 Å². The molecule has 0 unspecified atom stereocenters. The summed E-state index contributed by atoms with van der Waals surface area (Å²) < 4.78 is 12.9. The Hall–Kier alpha value is -1.58. The number of thiocarbonyl (C=S) groups is 1. The van der Waals surface area contributed by atoms with Gasteiger partial charge < -0.3 is 14.8 Å². The van der Waals surface area contributed by atoms with Crippen LogP contribution in [0, 0.1) is 3.57 Å². The molecule has 3 rings (SSSR count). The van der Waals surface area contributed by atoms with E-state index in [4.69, 9.17) is 21.7 Å². The Morgan fingerprint density at radius 1 is 1.24 bits per heavy atom. The molecule has 1 aliphatic rings. The Kier molecular flexibility index (Phi) is 5.98. The molecule has 1 amide bonds. The fourth-order valence-electron chi connectivity index (χ4n) is 2.27. The van der Waals surface area contributed by atoms with Crippen LogP contribution in [-0.2, 0) is 11.4 Å². The second-order valence-corrected chi connectivity index (χ2v) is 8.13. The van der Waals surface area contributed by atoms with Gasteiger partial charge >= 0.3 is 0 Å². The van der Waals surface area contributed by atoms with Crippen molar-refractivity contribution in [3.05, 3.63) is 62.1 Å². The van der Waals surface area contributed by atoms with Gasteiger partial charge in [0, 0.05) is 9.13 Å². The Morgan fingerprint density at radius 2 is 2.00 bits per heavy atom. The molecular formula is C18H14INO3S2. The fourth-order valence-corrected chi connectivity index (χ4v) is 3.67. The van der Waals surface area contributed by atoms with E-state index in [9.17, 15) is 4.79 Å². The molecule has 2 aromatic carbocycles. The van der Waals surface area contributed by atoms with E-state index < -0.39 is 0 Å². The van der Waals surface area contributed by atoms with Gasteiger partial charge in [-0.3, -0.25) is 4.79 Å². The third-order valence-corrected chi connectivity index (χ3v) is 5.33. The van der Waals surface area contributed by atoms with Crippen molar-refractivity contribution in [1.82, 2.24) is 5.32 Å². The second-order valence-electron chi connectivity index (χ2n) is 5.17. The number of hydrogen-bond acceptors (Lipinski definition) is 5. The quantitative estimate of drug-likeness (QED) is 0.389. The van der Waals surface area contributed by atoms with Crippen molar-refractivity contribution in [2.45, 2.75) is 6.61 Å². The summed E-state index contributed by atoms with van der Waals surface area (Å²) in [6.07, 6.45) is 1.81. The second kappa shape index (κ2) is 8.20. The number of nitrogens with one attached hydrogen (secondary N) is 1. The van der Waals surface area contributed by atoms with E-state index in [0.29, 0.717) is 15.8 Å². The molecule has 0 spiro atoms. The summed E-state index contributed by atoms with van der Waals surface area (Å²) in [7, 11) is 1.63. The first-order valence-corrected chi connectivity index (χ1v) is 9.65. The van der Waals surface area contributed by atoms with Gasteiger partial charge in [0.15, 0.2) is 0 Å². The van der Waals surface area contributed by atoms with Gasteiger partial charge in [-0.25, -0.2) is 0 Å². The standard InChI is InChI=1S/C18H14INO3S2/c1-22-15-7-2-11(9-16-17(21)20-18(24)25-16)8-12(15)10-23-14-5-3-13(19)4-6-14/h2-9H,10H2,1H3,(H,20,21,24). The van der Waals surface area contributed by atoms with Gasteiger partial charge in [0.1, 0.15) is 22.4 Å². The third-order valence-electron chi connectivity index (χ3n) is 3.45. The Morgan fingerprint density at radius 3 is 2.64 bits per heavy atom. The molecule has 0 aliphatic carbocycles. The first-order chi connectivity index (χ1) is 12.0. The topological polar surface area (TPSA) is 47.6 Å². The predicted molar refractivity (Wildman–Crippen MR) is 113 cm³/mol. The number of amides is 1. The normalized spacial score (nSPS) is 15.4. The van der Waals surface area contributed by atoms with Crippen molar-refractivity contribution >= 4 is 62.9 Å². The van der Waals surface area contributed by atoms with Crippen LogP contribution >= 0.6 is 46.6 Å². The maximum Gasteiger partial charge on any atom is 0.263 e. The van der Waals surface area contributed by atoms with E-state index in [1.165, 1.54) is 11.8 Å². The lowest BCUT2D eigenvalue weighted by Crippen LogP contribution is -2.17. The smallest absolute Gasteiger partial charge is 0.263 e. The number of hydrogen-bond donors (Lipinski definition) is 1. The molecule has 1 aliphatic heterocycles. The van der Waals surface area contributed by atoms with Gasteiger partial charge in [-0.05, 0) is 70.6 Å². The summed E-state index contributed by atoms with van der Waals surface area (Å²) >= 11 is 8.53. The highest BCUT2D eigenvalue weighted by Crippen LogP contribution is 2.28. The minimum atomic E-state index is -0.164. The maximum atomic E-state index is 11.8. The Balaban J connectivity index is 1.80. The maximum absolute atomic E-state index is 11.8. The highest BCUT2D eigenvalue weighted by Gasteiger charge is 2.22. The molecule has 25 heavy (non-hydrogen) atoms. The Bertz CT molecular complexity index is 850. The summed E-state index contributed by atoms with van der Waals surface area (Å²) in [4.78, 5) is 12.4. The van der Waals surface area contributed by atoms with Crippen LogP contribution in [0.4, 0.5) is 0 Å². The van der Waals surface area contributed by atoms with Crippen molar-refractivity contribution < 1.29 is 14.3 Å². The van der Waals surface area contributed by atoms with Crippen LogP contribution in [-0.4, -0.2) is 17.3 Å². The molecule has 1 fully saturated rings. The number of halogens is 1. The first kappa shape index (κ1) is 18.2. The van der Waals surface area contributed by atoms with Crippen molar-refractivity contribution in [2.24, 2.45) is 0 Å². The van der Waals surface area contributed by atoms with Crippen molar-refractivity contribution in [1.29, 1.82) is 0 Å². The van der Waals surface area contributed by atoms with Gasteiger partial charge in [0.25, 0.3) is 5.91 Å². The average molecular weight is 483 g/mol. The zero-order valence-corrected chi connectivity index (χ0v) is 17.0. The zero-order valence-electron chi connectivity index (χ0n) is 13.2. The van der Waals surface area contributed by atoms with Crippen LogP contribution in [0.5, 0.6) is 11.5 Å². The predicted octanol–water partition coefficient (Wildman–Crippen LogP) is 4.37. The molecule has 0 bridgehead atoms. The summed E-state index contributed by atoms with van der Waals surface area (Å²) in [5.74, 6) is 1.37. The van der Waals surface area contributed by atoms with Gasteiger partial charge in [-0.15, -0.1) is 0 Å². The number of carbonyl (C=O) groups is 1. The minimum absolute atomic E-state index is 0.164. The lowest BCUT2D eigenvalue weighted by Gasteiger charge is -2.11. The fraction of sp³-hybridized carbons (Fsp3) is 0.111. The van der Waals surface area contributed by atoms with Crippen LogP contribution in [0.15, 0.2) is 47.4 Å². The van der Waals surface area contributed by atoms with Crippen LogP contribution in [0.3, 0.4) is 0 Å². The molecule has 1 saturated heterocycles. The number of thioether (sulfide) groups is 1. The molecular weight excluding hydrogens is 469 g/mol. The third kappa shape index (κ3) is 4.74. The lowest BCUT2D eigenvalue weighted by molar-refractivity contribution is -0.115. The average Bonchev–Trinajstić information content (AvgIpc) is 2.92. The SMILES string of the molecule is COc1ccc(C=C2SC(=S)NC2=O)cc1COc1ccc(I)cc1. The van der Waals surface area contributed by atoms with Crippen LogP contribution in [0.1, 0.15) is 11.1 Å². The van der Waals surface area contributed by atoms with Crippen LogP contribution < -0.4 is 14.8 Å². The summed E-state index contributed by atoms with van der Waals surface area (Å²) in [6, 6.07) is 13.6. The summed E-state index contributed by atoms with van der Waals surface area (Å²) in [5, 5.41) is 2.61. The number of benzene rings is 2. The molecule has 7 heteroatoms. The highest BCUT2D eigenvalue weighted by atomic mass is 127. The van der Waals surface area contributed by atoms with Gasteiger partial charge in [0.05, 0.1) is 12.0 Å². The zero-order chi connectivity index (χ0) is 17.8. The molecule has 0 saturated carbocycles. The van der Waals surface area contributed by atoms with Crippen LogP contribution in [0.2, 0.25) is 0 Å². The largest absolute Gasteiger partial charge is 0.496 e. The van der Waals surface area contributed by atoms with Crippen molar-refractivity contribution in [3.63, 3.8) is 0 Å². The number of methoxy groups -OCH3 is 1. The molecule has 4 nitrogen and oxygen atoms in total. The number of carbonyl (C=O) groups excluding carboxylic acids is 1. The van der Waals surface area contributed by atoms with Crippen LogP contribution in [0.25, 0.3) is 6.08 Å². The van der Waals surface area contributed by atoms with Gasteiger partial charge in [-0.1, -0.05) is 30.0 Å². The molecule has 1 N–H and O–H groups in total. The summed E-state index contributed by atoms with van der Waals surface area (Å²) in [6.45, 7) is 0.374. The Labute approximate surface area is 169 Å². The van der Waals surface area contributed by atoms with E-state index in [1.54, 1.807) is 7.11 Å². The van der Waals surface area contributed by atoms with Crippen molar-refractivity contribution in [3.8, 4) is 11.5 Å². The molecule has 0 atom stereocenters. The lowest BCUT2D eigenvalue weighted by atomic mass is 10.1. The van der Waals surface area contributed by atoms with E-state index in [2.05, 4.69) is 27.9 Å². The van der Waals surface area contributed by atoms with Gasteiger partial charge in [0.2, 0.25) is 0 Å². The molecule has 2 aromatic rings. The van der Waals surface area contributed by atoms with Gasteiger partial charge in [-0.2, -0.15) is 0 Å². The molecule has 1 heterocycles.